The highest BCUT2D eigenvalue weighted by molar-refractivity contribution is 6.08. The second-order valence-electron chi connectivity index (χ2n) is 4.93. The summed E-state index contributed by atoms with van der Waals surface area (Å²) in [6.07, 6.45) is -5.95. The summed E-state index contributed by atoms with van der Waals surface area (Å²) in [5, 5.41) is 0. The Bertz CT molecular complexity index is 772. The molecule has 0 saturated heterocycles. The molecule has 2 rings (SSSR count). The molecule has 0 N–H and O–H groups in total. The van der Waals surface area contributed by atoms with Gasteiger partial charge in [-0.2, -0.15) is 17.6 Å². The number of methoxy groups -OCH3 is 1. The SMILES string of the molecule is COc1ccccc1C(=O)/C=C/c1cccc(OC(F)(F)C(F)F)c1. The third kappa shape index (κ3) is 4.82. The first-order valence-corrected chi connectivity index (χ1v) is 7.14. The number of alkyl halides is 4. The van der Waals surface area contributed by atoms with Crippen molar-refractivity contribution in [1.29, 1.82) is 0 Å². The number of ketones is 1. The van der Waals surface area contributed by atoms with Gasteiger partial charge in [-0.3, -0.25) is 4.79 Å². The monoisotopic (exact) mass is 354 g/mol. The van der Waals surface area contributed by atoms with Gasteiger partial charge in [0.05, 0.1) is 12.7 Å². The summed E-state index contributed by atoms with van der Waals surface area (Å²) in [4.78, 5) is 12.2. The van der Waals surface area contributed by atoms with Crippen LogP contribution in [0.25, 0.3) is 6.08 Å². The summed E-state index contributed by atoms with van der Waals surface area (Å²) in [7, 11) is 1.43. The van der Waals surface area contributed by atoms with Crippen LogP contribution in [0.2, 0.25) is 0 Å². The number of rotatable bonds is 7. The van der Waals surface area contributed by atoms with E-state index in [-0.39, 0.29) is 5.78 Å². The van der Waals surface area contributed by atoms with Gasteiger partial charge in [-0.15, -0.1) is 0 Å². The van der Waals surface area contributed by atoms with Crippen molar-refractivity contribution in [2.75, 3.05) is 7.11 Å². The number of hydrogen-bond donors (Lipinski definition) is 0. The number of hydrogen-bond acceptors (Lipinski definition) is 3. The van der Waals surface area contributed by atoms with Gasteiger partial charge < -0.3 is 9.47 Å². The Morgan fingerprint density at radius 2 is 1.84 bits per heavy atom. The number of carbonyl (C=O) groups excluding carboxylic acids is 1. The van der Waals surface area contributed by atoms with E-state index in [0.717, 1.165) is 12.1 Å². The minimum atomic E-state index is -4.59. The molecule has 0 heterocycles. The van der Waals surface area contributed by atoms with Crippen molar-refractivity contribution < 1.29 is 31.8 Å². The van der Waals surface area contributed by atoms with Crippen LogP contribution in [0.15, 0.2) is 54.6 Å². The van der Waals surface area contributed by atoms with Crippen molar-refractivity contribution in [3.05, 3.63) is 65.7 Å². The van der Waals surface area contributed by atoms with Gasteiger partial charge in [0, 0.05) is 0 Å². The van der Waals surface area contributed by atoms with Crippen molar-refractivity contribution >= 4 is 11.9 Å². The number of benzene rings is 2. The molecule has 0 aliphatic rings. The molecule has 0 fully saturated rings. The van der Waals surface area contributed by atoms with Crippen molar-refractivity contribution in [1.82, 2.24) is 0 Å². The first kappa shape index (κ1) is 18.5. The fraction of sp³-hybridized carbons (Fsp3) is 0.167. The molecule has 0 aliphatic heterocycles. The molecule has 3 nitrogen and oxygen atoms in total. The number of ether oxygens (including phenoxy) is 2. The second-order valence-corrected chi connectivity index (χ2v) is 4.93. The van der Waals surface area contributed by atoms with Crippen LogP contribution in [-0.2, 0) is 0 Å². The molecule has 25 heavy (non-hydrogen) atoms. The number of allylic oxidation sites excluding steroid dienone is 1. The minimum Gasteiger partial charge on any atom is -0.496 e. The smallest absolute Gasteiger partial charge is 0.461 e. The van der Waals surface area contributed by atoms with Crippen molar-refractivity contribution in [2.45, 2.75) is 12.5 Å². The van der Waals surface area contributed by atoms with E-state index in [2.05, 4.69) is 4.74 Å². The zero-order chi connectivity index (χ0) is 18.4. The molecule has 0 unspecified atom stereocenters. The first-order chi connectivity index (χ1) is 11.8. The normalized spacial score (nSPS) is 11.8. The van der Waals surface area contributed by atoms with Crippen LogP contribution >= 0.6 is 0 Å². The zero-order valence-corrected chi connectivity index (χ0v) is 13.1. The van der Waals surface area contributed by atoms with Gasteiger partial charge in [-0.1, -0.05) is 30.3 Å². The van der Waals surface area contributed by atoms with Gasteiger partial charge in [0.1, 0.15) is 11.5 Å². The van der Waals surface area contributed by atoms with E-state index in [1.807, 2.05) is 0 Å². The maximum Gasteiger partial charge on any atom is 0.461 e. The molecule has 2 aromatic rings. The molecule has 2 aromatic carbocycles. The highest BCUT2D eigenvalue weighted by Crippen LogP contribution is 2.28. The predicted octanol–water partition coefficient (Wildman–Crippen LogP) is 4.83. The topological polar surface area (TPSA) is 35.5 Å². The van der Waals surface area contributed by atoms with Crippen LogP contribution < -0.4 is 9.47 Å². The lowest BCUT2D eigenvalue weighted by molar-refractivity contribution is -0.253. The highest BCUT2D eigenvalue weighted by atomic mass is 19.3. The third-order valence-electron chi connectivity index (χ3n) is 3.17. The summed E-state index contributed by atoms with van der Waals surface area (Å²) in [5.74, 6) is -0.398. The maximum atomic E-state index is 12.9. The summed E-state index contributed by atoms with van der Waals surface area (Å²) < 4.78 is 59.3. The molecule has 0 amide bonds. The molecule has 0 bridgehead atoms. The summed E-state index contributed by atoms with van der Waals surface area (Å²) in [6.45, 7) is 0. The number of carbonyl (C=O) groups is 1. The average molecular weight is 354 g/mol. The van der Waals surface area contributed by atoms with Gasteiger partial charge >= 0.3 is 12.5 Å². The Hall–Kier alpha value is -2.83. The Morgan fingerprint density at radius 3 is 2.52 bits per heavy atom. The predicted molar refractivity (Wildman–Crippen MR) is 84.4 cm³/mol. The number of halogens is 4. The van der Waals surface area contributed by atoms with Crippen molar-refractivity contribution in [3.8, 4) is 11.5 Å². The summed E-state index contributed by atoms with van der Waals surface area (Å²) in [5.41, 5.74) is 0.670. The molecule has 0 spiro atoms. The lowest BCUT2D eigenvalue weighted by atomic mass is 10.1. The van der Waals surface area contributed by atoms with Gasteiger partial charge in [-0.05, 0) is 35.9 Å². The fourth-order valence-electron chi connectivity index (χ4n) is 1.99. The van der Waals surface area contributed by atoms with E-state index in [4.69, 9.17) is 4.74 Å². The van der Waals surface area contributed by atoms with Crippen LogP contribution in [0, 0.1) is 0 Å². The zero-order valence-electron chi connectivity index (χ0n) is 13.1. The Kier molecular flexibility index (Phi) is 5.80. The van der Waals surface area contributed by atoms with Crippen LogP contribution in [0.4, 0.5) is 17.6 Å². The van der Waals surface area contributed by atoms with Gasteiger partial charge in [0.15, 0.2) is 5.78 Å². The quantitative estimate of drug-likeness (QED) is 0.406. The Labute approximate surface area is 141 Å². The van der Waals surface area contributed by atoms with Gasteiger partial charge in [0.2, 0.25) is 0 Å². The molecule has 132 valence electrons. The summed E-state index contributed by atoms with van der Waals surface area (Å²) in [6, 6.07) is 11.7. The van der Waals surface area contributed by atoms with E-state index in [1.54, 1.807) is 24.3 Å². The molecule has 0 atom stereocenters. The lowest BCUT2D eigenvalue weighted by Gasteiger charge is -2.16. The molecular weight excluding hydrogens is 340 g/mol. The Morgan fingerprint density at radius 1 is 1.12 bits per heavy atom. The number of para-hydroxylation sites is 1. The molecule has 0 saturated carbocycles. The van der Waals surface area contributed by atoms with Gasteiger partial charge in [-0.25, -0.2) is 0 Å². The van der Waals surface area contributed by atoms with Crippen molar-refractivity contribution in [3.63, 3.8) is 0 Å². The van der Waals surface area contributed by atoms with Crippen LogP contribution in [0.5, 0.6) is 11.5 Å². The lowest BCUT2D eigenvalue weighted by Crippen LogP contribution is -2.33. The molecule has 0 aliphatic carbocycles. The molecule has 7 heteroatoms. The summed E-state index contributed by atoms with van der Waals surface area (Å²) >= 11 is 0. The maximum absolute atomic E-state index is 12.9. The van der Waals surface area contributed by atoms with E-state index in [0.29, 0.717) is 16.9 Å². The van der Waals surface area contributed by atoms with E-state index >= 15 is 0 Å². The second kappa shape index (κ2) is 7.83. The van der Waals surface area contributed by atoms with Crippen LogP contribution in [0.3, 0.4) is 0 Å². The van der Waals surface area contributed by atoms with Crippen LogP contribution in [-0.4, -0.2) is 25.4 Å². The minimum absolute atomic E-state index is 0.331. The standard InChI is InChI=1S/C18H14F4O3/c1-24-16-8-3-2-7-14(16)15(23)10-9-12-5-4-6-13(11-12)25-18(21,22)17(19)20/h2-11,17H,1H3/b10-9+. The fourth-order valence-corrected chi connectivity index (χ4v) is 1.99. The van der Waals surface area contributed by atoms with E-state index in [1.165, 1.54) is 31.4 Å². The first-order valence-electron chi connectivity index (χ1n) is 7.14. The largest absolute Gasteiger partial charge is 0.496 e. The Balaban J connectivity index is 2.16. The van der Waals surface area contributed by atoms with E-state index < -0.39 is 18.3 Å². The van der Waals surface area contributed by atoms with Crippen molar-refractivity contribution in [2.24, 2.45) is 0 Å². The van der Waals surface area contributed by atoms with Crippen LogP contribution in [0.1, 0.15) is 15.9 Å². The molecule has 0 radical (unpaired) electrons. The third-order valence-corrected chi connectivity index (χ3v) is 3.17. The van der Waals surface area contributed by atoms with Gasteiger partial charge in [0.25, 0.3) is 0 Å². The molecular formula is C18H14F4O3. The highest BCUT2D eigenvalue weighted by Gasteiger charge is 2.43. The average Bonchev–Trinajstić information content (AvgIpc) is 2.59. The van der Waals surface area contributed by atoms with E-state index in [9.17, 15) is 22.4 Å². The molecule has 0 aromatic heterocycles.